The average molecular weight is 452 g/mol. The van der Waals surface area contributed by atoms with E-state index in [1.807, 2.05) is 24.3 Å². The Kier molecular flexibility index (Phi) is 6.32. The monoisotopic (exact) mass is 452 g/mol. The first-order chi connectivity index (χ1) is 15.8. The Morgan fingerprint density at radius 2 is 1.33 bits per heavy atom. The molecule has 0 saturated heterocycles. The second-order valence-corrected chi connectivity index (χ2v) is 7.86. The fraction of sp³-hybridized carbons (Fsp3) is 0.143. The molecule has 168 valence electrons. The molecule has 0 N–H and O–H groups in total. The van der Waals surface area contributed by atoms with Crippen LogP contribution in [0, 0.1) is 0 Å². The average Bonchev–Trinajstić information content (AvgIpc) is 2.83. The zero-order chi connectivity index (χ0) is 23.6. The molecule has 0 aliphatic heterocycles. The van der Waals surface area contributed by atoms with E-state index in [1.165, 1.54) is 11.6 Å². The predicted octanol–water partition coefficient (Wildman–Crippen LogP) is 9.24. The van der Waals surface area contributed by atoms with Crippen LogP contribution in [-0.2, 0) is 12.6 Å². The molecule has 5 heteroatoms. The van der Waals surface area contributed by atoms with Gasteiger partial charge in [0, 0.05) is 11.1 Å². The lowest BCUT2D eigenvalue weighted by atomic mass is 9.93. The van der Waals surface area contributed by atoms with E-state index in [2.05, 4.69) is 19.1 Å². The standard InChI is InChI=1S/C28H21F5/c1-2-5-18-8-10-19(11-9-18)22-16-17-25(24-7-4-3-6-23(22)24)27(30)26(29)20-12-14-21(15-13-20)28(31,32)33/h3-4,6-17H,2,5H2,1H3/b27-26+. The van der Waals surface area contributed by atoms with E-state index in [1.54, 1.807) is 18.2 Å². The molecule has 0 heterocycles. The summed E-state index contributed by atoms with van der Waals surface area (Å²) in [5.41, 5.74) is 1.97. The number of alkyl halides is 3. The molecule has 4 aromatic rings. The van der Waals surface area contributed by atoms with Gasteiger partial charge >= 0.3 is 6.18 Å². The molecule has 0 fully saturated rings. The molecule has 0 radical (unpaired) electrons. The highest BCUT2D eigenvalue weighted by atomic mass is 19.4. The van der Waals surface area contributed by atoms with E-state index in [0.29, 0.717) is 5.39 Å². The minimum Gasteiger partial charge on any atom is -0.203 e. The summed E-state index contributed by atoms with van der Waals surface area (Å²) in [4.78, 5) is 0. The Morgan fingerprint density at radius 3 is 1.94 bits per heavy atom. The molecule has 4 rings (SSSR count). The second kappa shape index (κ2) is 9.18. The summed E-state index contributed by atoms with van der Waals surface area (Å²) in [5.74, 6) is -2.32. The van der Waals surface area contributed by atoms with Gasteiger partial charge in [-0.1, -0.05) is 86.1 Å². The summed E-state index contributed by atoms with van der Waals surface area (Å²) in [6.07, 6.45) is -2.51. The fourth-order valence-corrected chi connectivity index (χ4v) is 3.93. The number of fused-ring (bicyclic) bond motifs is 1. The summed E-state index contributed by atoms with van der Waals surface area (Å²) in [6.45, 7) is 2.12. The largest absolute Gasteiger partial charge is 0.416 e. The van der Waals surface area contributed by atoms with Crippen LogP contribution >= 0.6 is 0 Å². The minimum atomic E-state index is -4.54. The molecule has 0 amide bonds. The molecule has 0 aromatic heterocycles. The zero-order valence-electron chi connectivity index (χ0n) is 17.9. The van der Waals surface area contributed by atoms with Crippen molar-refractivity contribution < 1.29 is 22.0 Å². The van der Waals surface area contributed by atoms with E-state index in [4.69, 9.17) is 0 Å². The number of aryl methyl sites for hydroxylation is 1. The Bertz CT molecular complexity index is 1300. The number of rotatable bonds is 5. The van der Waals surface area contributed by atoms with Gasteiger partial charge in [-0.3, -0.25) is 0 Å². The number of hydrogen-bond donors (Lipinski definition) is 0. The van der Waals surface area contributed by atoms with Crippen molar-refractivity contribution >= 4 is 22.4 Å². The predicted molar refractivity (Wildman–Crippen MR) is 124 cm³/mol. The van der Waals surface area contributed by atoms with E-state index in [-0.39, 0.29) is 11.1 Å². The van der Waals surface area contributed by atoms with Crippen LogP contribution in [0.15, 0.2) is 84.9 Å². The minimum absolute atomic E-state index is 0.0503. The van der Waals surface area contributed by atoms with Crippen molar-refractivity contribution in [3.63, 3.8) is 0 Å². The van der Waals surface area contributed by atoms with E-state index >= 15 is 4.39 Å². The van der Waals surface area contributed by atoms with Crippen molar-refractivity contribution in [2.45, 2.75) is 25.9 Å². The maximum atomic E-state index is 15.2. The van der Waals surface area contributed by atoms with Gasteiger partial charge in [0.25, 0.3) is 0 Å². The summed E-state index contributed by atoms with van der Waals surface area (Å²) in [7, 11) is 0. The van der Waals surface area contributed by atoms with Crippen LogP contribution in [0.2, 0.25) is 0 Å². The number of benzene rings is 4. The quantitative estimate of drug-likeness (QED) is 0.209. The van der Waals surface area contributed by atoms with Crippen molar-refractivity contribution in [3.8, 4) is 11.1 Å². The first kappa shape index (κ1) is 22.7. The molecule has 0 unspecified atom stereocenters. The Hall–Kier alpha value is -3.47. The van der Waals surface area contributed by atoms with Crippen LogP contribution in [-0.4, -0.2) is 0 Å². The summed E-state index contributed by atoms with van der Waals surface area (Å²) < 4.78 is 68.5. The molecule has 0 atom stereocenters. The number of halogens is 5. The normalized spacial score (nSPS) is 12.7. The van der Waals surface area contributed by atoms with Crippen molar-refractivity contribution in [2.24, 2.45) is 0 Å². The molecule has 0 spiro atoms. The summed E-state index contributed by atoms with van der Waals surface area (Å²) >= 11 is 0. The van der Waals surface area contributed by atoms with Crippen LogP contribution < -0.4 is 0 Å². The van der Waals surface area contributed by atoms with Crippen LogP contribution in [0.1, 0.15) is 35.6 Å². The maximum Gasteiger partial charge on any atom is 0.416 e. The first-order valence-corrected chi connectivity index (χ1v) is 10.6. The van der Waals surface area contributed by atoms with Crippen molar-refractivity contribution in [1.82, 2.24) is 0 Å². The molecule has 33 heavy (non-hydrogen) atoms. The van der Waals surface area contributed by atoms with Gasteiger partial charge < -0.3 is 0 Å². The van der Waals surface area contributed by atoms with Crippen LogP contribution in [0.25, 0.3) is 33.6 Å². The van der Waals surface area contributed by atoms with Gasteiger partial charge in [0.15, 0.2) is 11.7 Å². The lowest BCUT2D eigenvalue weighted by Crippen LogP contribution is -2.04. The molecular weight excluding hydrogens is 431 g/mol. The Labute approximate surface area is 189 Å². The molecule has 4 aromatic carbocycles. The van der Waals surface area contributed by atoms with Crippen molar-refractivity contribution in [3.05, 3.63) is 107 Å². The van der Waals surface area contributed by atoms with Crippen molar-refractivity contribution in [1.29, 1.82) is 0 Å². The highest BCUT2D eigenvalue weighted by molar-refractivity contribution is 6.04. The van der Waals surface area contributed by atoms with E-state index in [9.17, 15) is 17.6 Å². The third kappa shape index (κ3) is 4.68. The fourth-order valence-electron chi connectivity index (χ4n) is 3.93. The molecule has 0 aliphatic rings. The van der Waals surface area contributed by atoms with E-state index in [0.717, 1.165) is 53.6 Å². The van der Waals surface area contributed by atoms with Crippen LogP contribution in [0.5, 0.6) is 0 Å². The topological polar surface area (TPSA) is 0 Å². The van der Waals surface area contributed by atoms with Crippen LogP contribution in [0.4, 0.5) is 22.0 Å². The molecule has 0 saturated carbocycles. The molecule has 0 nitrogen and oxygen atoms in total. The first-order valence-electron chi connectivity index (χ1n) is 10.6. The van der Waals surface area contributed by atoms with Gasteiger partial charge in [0.2, 0.25) is 0 Å². The lowest BCUT2D eigenvalue weighted by molar-refractivity contribution is -0.137. The highest BCUT2D eigenvalue weighted by Gasteiger charge is 2.30. The SMILES string of the molecule is CCCc1ccc(-c2ccc(/C(F)=C(\F)c3ccc(C(F)(F)F)cc3)c3ccccc23)cc1. The summed E-state index contributed by atoms with van der Waals surface area (Å²) in [5, 5.41) is 1.28. The van der Waals surface area contributed by atoms with E-state index < -0.39 is 23.4 Å². The summed E-state index contributed by atoms with van der Waals surface area (Å²) in [6, 6.07) is 21.9. The third-order valence-corrected chi connectivity index (χ3v) is 5.62. The highest BCUT2D eigenvalue weighted by Crippen LogP contribution is 2.38. The molecule has 0 bridgehead atoms. The number of hydrogen-bond acceptors (Lipinski definition) is 0. The molecular formula is C28H21F5. The van der Waals surface area contributed by atoms with Crippen molar-refractivity contribution in [2.75, 3.05) is 0 Å². The van der Waals surface area contributed by atoms with Gasteiger partial charge in [-0.2, -0.15) is 13.2 Å². The zero-order valence-corrected chi connectivity index (χ0v) is 17.9. The third-order valence-electron chi connectivity index (χ3n) is 5.62. The Morgan fingerprint density at radius 1 is 0.697 bits per heavy atom. The van der Waals surface area contributed by atoms with Gasteiger partial charge in [-0.15, -0.1) is 0 Å². The molecule has 0 aliphatic carbocycles. The van der Waals surface area contributed by atoms with Crippen LogP contribution in [0.3, 0.4) is 0 Å². The van der Waals surface area contributed by atoms with Gasteiger partial charge in [0.1, 0.15) is 0 Å². The Balaban J connectivity index is 1.78. The van der Waals surface area contributed by atoms with Gasteiger partial charge in [0.05, 0.1) is 5.56 Å². The maximum absolute atomic E-state index is 15.2. The second-order valence-electron chi connectivity index (χ2n) is 7.86. The smallest absolute Gasteiger partial charge is 0.203 e. The van der Waals surface area contributed by atoms with Gasteiger partial charge in [-0.25, -0.2) is 8.78 Å². The lowest BCUT2D eigenvalue weighted by Gasteiger charge is -2.12. The van der Waals surface area contributed by atoms with Gasteiger partial charge in [-0.05, 0) is 46.0 Å².